The second-order valence-electron chi connectivity index (χ2n) is 17.4. The zero-order valence-electron chi connectivity index (χ0n) is 41.8. The molecule has 64 heavy (non-hydrogen) atoms. The van der Waals surface area contributed by atoms with Crippen LogP contribution in [-0.4, -0.2) is 37.2 Å². The summed E-state index contributed by atoms with van der Waals surface area (Å²) in [5, 5.41) is 0. The first kappa shape index (κ1) is 60.6. The van der Waals surface area contributed by atoms with Crippen molar-refractivity contribution in [3.8, 4) is 0 Å². The Morgan fingerprint density at radius 2 is 0.641 bits per heavy atom. The minimum absolute atomic E-state index is 0.0845. The smallest absolute Gasteiger partial charge is 0.306 e. The van der Waals surface area contributed by atoms with Crippen LogP contribution in [0.2, 0.25) is 0 Å². The molecule has 0 spiro atoms. The highest BCUT2D eigenvalue weighted by Crippen LogP contribution is 2.14. The third-order valence-electron chi connectivity index (χ3n) is 11.1. The predicted octanol–water partition coefficient (Wildman–Crippen LogP) is 17.6. The van der Waals surface area contributed by atoms with Gasteiger partial charge in [0.05, 0.1) is 0 Å². The lowest BCUT2D eigenvalue weighted by molar-refractivity contribution is -0.167. The van der Waals surface area contributed by atoms with Gasteiger partial charge in [0.15, 0.2) is 6.10 Å². The molecule has 0 N–H and O–H groups in total. The molecule has 1 unspecified atom stereocenters. The van der Waals surface area contributed by atoms with Crippen LogP contribution in [0.1, 0.15) is 245 Å². The number of carbonyl (C=O) groups excluding carboxylic acids is 3. The highest BCUT2D eigenvalue weighted by Gasteiger charge is 2.19. The Labute approximate surface area is 395 Å². The second-order valence-corrected chi connectivity index (χ2v) is 17.4. The maximum atomic E-state index is 12.7. The summed E-state index contributed by atoms with van der Waals surface area (Å²) in [6.45, 7) is 6.43. The molecule has 0 rings (SSSR count). The molecule has 0 heterocycles. The van der Waals surface area contributed by atoms with E-state index in [-0.39, 0.29) is 31.1 Å². The van der Waals surface area contributed by atoms with Gasteiger partial charge in [-0.2, -0.15) is 0 Å². The van der Waals surface area contributed by atoms with Crippen molar-refractivity contribution in [1.29, 1.82) is 0 Å². The molecular weight excluding hydrogens is 793 g/mol. The van der Waals surface area contributed by atoms with Crippen molar-refractivity contribution in [3.05, 3.63) is 85.1 Å². The molecule has 0 aliphatic heterocycles. The molecule has 0 aromatic carbocycles. The van der Waals surface area contributed by atoms with E-state index in [0.29, 0.717) is 19.3 Å². The van der Waals surface area contributed by atoms with Crippen molar-refractivity contribution in [2.24, 2.45) is 0 Å². The number of hydrogen-bond acceptors (Lipinski definition) is 6. The number of allylic oxidation sites excluding steroid dienone is 14. The van der Waals surface area contributed by atoms with Crippen LogP contribution in [0.5, 0.6) is 0 Å². The van der Waals surface area contributed by atoms with Crippen molar-refractivity contribution >= 4 is 17.9 Å². The molecule has 0 aliphatic carbocycles. The highest BCUT2D eigenvalue weighted by atomic mass is 16.6. The standard InChI is InChI=1S/C58H98O6/c1-4-7-10-13-16-19-22-23-24-25-26-27-28-29-30-31-32-33-34-35-37-39-42-45-48-51-57(60)63-54-55(53-62-56(59)50-47-44-41-38-21-18-15-12-9-6-3)64-58(61)52-49-46-43-40-36-20-17-14-11-8-5-2/h7,10,12,15-16,19,23-24,26-27,29-30,32-33,55H,4-6,8-9,11,13-14,17-18,20-22,25,28,31,34-54H2,1-3H3/b10-7-,15-12-,19-16-,24-23-,27-26-,30-29-,33-32-. The first-order valence-electron chi connectivity index (χ1n) is 26.6. The first-order valence-corrected chi connectivity index (χ1v) is 26.6. The van der Waals surface area contributed by atoms with Crippen LogP contribution in [0.25, 0.3) is 0 Å². The average Bonchev–Trinajstić information content (AvgIpc) is 3.29. The number of rotatable bonds is 47. The van der Waals surface area contributed by atoms with Crippen LogP contribution in [0, 0.1) is 0 Å². The number of esters is 3. The molecule has 366 valence electrons. The summed E-state index contributed by atoms with van der Waals surface area (Å²) >= 11 is 0. The summed E-state index contributed by atoms with van der Waals surface area (Å²) in [6.07, 6.45) is 67.2. The largest absolute Gasteiger partial charge is 0.462 e. The molecule has 1 atom stereocenters. The molecular formula is C58H98O6. The van der Waals surface area contributed by atoms with Crippen molar-refractivity contribution in [2.75, 3.05) is 13.2 Å². The molecule has 0 aliphatic rings. The van der Waals surface area contributed by atoms with Crippen LogP contribution in [0.4, 0.5) is 0 Å². The van der Waals surface area contributed by atoms with E-state index in [9.17, 15) is 14.4 Å². The lowest BCUT2D eigenvalue weighted by atomic mass is 10.1. The molecule has 6 nitrogen and oxygen atoms in total. The van der Waals surface area contributed by atoms with Gasteiger partial charge < -0.3 is 14.2 Å². The van der Waals surface area contributed by atoms with E-state index in [1.54, 1.807) is 0 Å². The molecule has 0 aromatic heterocycles. The van der Waals surface area contributed by atoms with E-state index in [2.05, 4.69) is 106 Å². The van der Waals surface area contributed by atoms with Gasteiger partial charge in [0, 0.05) is 19.3 Å². The number of ether oxygens (including phenoxy) is 3. The van der Waals surface area contributed by atoms with E-state index in [1.807, 2.05) is 0 Å². The Balaban J connectivity index is 4.28. The number of hydrogen-bond donors (Lipinski definition) is 0. The summed E-state index contributed by atoms with van der Waals surface area (Å²) in [7, 11) is 0. The topological polar surface area (TPSA) is 78.9 Å². The van der Waals surface area contributed by atoms with E-state index in [4.69, 9.17) is 14.2 Å². The predicted molar refractivity (Wildman–Crippen MR) is 274 cm³/mol. The number of carbonyl (C=O) groups is 3. The van der Waals surface area contributed by atoms with Gasteiger partial charge in [-0.15, -0.1) is 0 Å². The highest BCUT2D eigenvalue weighted by molar-refractivity contribution is 5.71. The summed E-state index contributed by atoms with van der Waals surface area (Å²) in [5.74, 6) is -0.910. The van der Waals surface area contributed by atoms with Gasteiger partial charge in [0.25, 0.3) is 0 Å². The SMILES string of the molecule is CC/C=C\C/C=C\C/C=C\C/C=C\C/C=C\C/C=C\CCCCCCCCC(=O)OCC(COC(=O)CCCCCCC/C=C\CCC)OC(=O)CCCCCCCCCCCCC. The zero-order chi connectivity index (χ0) is 46.5. The van der Waals surface area contributed by atoms with E-state index in [0.717, 1.165) is 122 Å². The van der Waals surface area contributed by atoms with Gasteiger partial charge in [-0.05, 0) is 89.9 Å². The van der Waals surface area contributed by atoms with Gasteiger partial charge >= 0.3 is 17.9 Å². The van der Waals surface area contributed by atoms with Gasteiger partial charge in [0.2, 0.25) is 0 Å². The summed E-state index contributed by atoms with van der Waals surface area (Å²) in [4.78, 5) is 37.9. The van der Waals surface area contributed by atoms with Crippen LogP contribution < -0.4 is 0 Å². The lowest BCUT2D eigenvalue weighted by Gasteiger charge is -2.18. The first-order chi connectivity index (χ1) is 31.5. The molecule has 0 saturated carbocycles. The average molecular weight is 891 g/mol. The molecule has 0 fully saturated rings. The molecule has 0 aromatic rings. The molecule has 0 amide bonds. The summed E-state index contributed by atoms with van der Waals surface area (Å²) < 4.78 is 16.7. The lowest BCUT2D eigenvalue weighted by Crippen LogP contribution is -2.30. The fourth-order valence-electron chi connectivity index (χ4n) is 7.15. The quantitative estimate of drug-likeness (QED) is 0.0262. The zero-order valence-corrected chi connectivity index (χ0v) is 41.8. The van der Waals surface area contributed by atoms with E-state index in [1.165, 1.54) is 83.5 Å². The normalized spacial score (nSPS) is 12.7. The third kappa shape index (κ3) is 49.6. The Kier molecular flexibility index (Phi) is 49.4. The summed E-state index contributed by atoms with van der Waals surface area (Å²) in [6, 6.07) is 0. The van der Waals surface area contributed by atoms with Crippen molar-refractivity contribution < 1.29 is 28.6 Å². The minimum Gasteiger partial charge on any atom is -0.462 e. The minimum atomic E-state index is -0.782. The van der Waals surface area contributed by atoms with Crippen molar-refractivity contribution in [2.45, 2.75) is 252 Å². The van der Waals surface area contributed by atoms with Crippen molar-refractivity contribution in [1.82, 2.24) is 0 Å². The fourth-order valence-corrected chi connectivity index (χ4v) is 7.15. The Morgan fingerprint density at radius 1 is 0.328 bits per heavy atom. The molecule has 0 saturated heterocycles. The van der Waals surface area contributed by atoms with E-state index < -0.39 is 6.10 Å². The maximum Gasteiger partial charge on any atom is 0.306 e. The molecule has 0 radical (unpaired) electrons. The van der Waals surface area contributed by atoms with Gasteiger partial charge in [-0.3, -0.25) is 14.4 Å². The van der Waals surface area contributed by atoms with E-state index >= 15 is 0 Å². The second kappa shape index (κ2) is 52.2. The Hall–Kier alpha value is -3.41. The Morgan fingerprint density at radius 3 is 1.03 bits per heavy atom. The van der Waals surface area contributed by atoms with Gasteiger partial charge in [0.1, 0.15) is 13.2 Å². The maximum absolute atomic E-state index is 12.7. The third-order valence-corrected chi connectivity index (χ3v) is 11.1. The molecule has 0 bridgehead atoms. The van der Waals surface area contributed by atoms with Gasteiger partial charge in [-0.1, -0.05) is 221 Å². The Bertz CT molecular complexity index is 1250. The fraction of sp³-hybridized carbons (Fsp3) is 0.707. The van der Waals surface area contributed by atoms with Crippen molar-refractivity contribution in [3.63, 3.8) is 0 Å². The number of unbranched alkanes of at least 4 members (excludes halogenated alkanes) is 22. The monoisotopic (exact) mass is 891 g/mol. The summed E-state index contributed by atoms with van der Waals surface area (Å²) in [5.41, 5.74) is 0. The van der Waals surface area contributed by atoms with Crippen LogP contribution in [-0.2, 0) is 28.6 Å². The molecule has 6 heteroatoms. The van der Waals surface area contributed by atoms with Crippen LogP contribution >= 0.6 is 0 Å². The van der Waals surface area contributed by atoms with Crippen LogP contribution in [0.3, 0.4) is 0 Å². The van der Waals surface area contributed by atoms with Gasteiger partial charge in [-0.25, -0.2) is 0 Å². The van der Waals surface area contributed by atoms with Crippen LogP contribution in [0.15, 0.2) is 85.1 Å².